The summed E-state index contributed by atoms with van der Waals surface area (Å²) in [7, 11) is 0. The molecule has 1 saturated carbocycles. The lowest BCUT2D eigenvalue weighted by Crippen LogP contribution is -2.14. The zero-order valence-corrected chi connectivity index (χ0v) is 11.1. The number of para-hydroxylation sites is 1. The highest BCUT2D eigenvalue weighted by atomic mass is 16.3. The van der Waals surface area contributed by atoms with Crippen molar-refractivity contribution in [1.82, 2.24) is 20.3 Å². The van der Waals surface area contributed by atoms with Crippen LogP contribution in [-0.2, 0) is 13.1 Å². The average Bonchev–Trinajstić information content (AvgIpc) is 3.06. The van der Waals surface area contributed by atoms with Gasteiger partial charge < -0.3 is 9.73 Å². The SMILES string of the molecule is c1ccc2c(c1)nnn2Cc1ccc(CNC2CC2)o1. The molecule has 0 bridgehead atoms. The first-order valence-corrected chi connectivity index (χ1v) is 6.98. The summed E-state index contributed by atoms with van der Waals surface area (Å²) in [6.07, 6.45) is 2.58. The van der Waals surface area contributed by atoms with Gasteiger partial charge in [-0.2, -0.15) is 0 Å². The van der Waals surface area contributed by atoms with Crippen molar-refractivity contribution >= 4 is 11.0 Å². The molecule has 0 atom stereocenters. The van der Waals surface area contributed by atoms with Gasteiger partial charge in [-0.15, -0.1) is 5.10 Å². The van der Waals surface area contributed by atoms with E-state index in [0.29, 0.717) is 12.6 Å². The molecule has 20 heavy (non-hydrogen) atoms. The van der Waals surface area contributed by atoms with E-state index in [1.54, 1.807) is 0 Å². The van der Waals surface area contributed by atoms with Gasteiger partial charge in [0, 0.05) is 6.04 Å². The molecule has 0 spiro atoms. The Kier molecular flexibility index (Phi) is 2.77. The summed E-state index contributed by atoms with van der Waals surface area (Å²) in [5.74, 6) is 1.89. The molecular weight excluding hydrogens is 252 g/mol. The van der Waals surface area contributed by atoms with Crippen molar-refractivity contribution in [2.75, 3.05) is 0 Å². The van der Waals surface area contributed by atoms with E-state index >= 15 is 0 Å². The second-order valence-electron chi connectivity index (χ2n) is 5.26. The van der Waals surface area contributed by atoms with E-state index in [2.05, 4.69) is 15.6 Å². The van der Waals surface area contributed by atoms with Crippen molar-refractivity contribution in [3.63, 3.8) is 0 Å². The van der Waals surface area contributed by atoms with Crippen LogP contribution >= 0.6 is 0 Å². The Bertz CT molecular complexity index is 726. The first-order chi connectivity index (χ1) is 9.88. The molecule has 2 heterocycles. The van der Waals surface area contributed by atoms with E-state index < -0.39 is 0 Å². The van der Waals surface area contributed by atoms with Crippen molar-refractivity contribution < 1.29 is 4.42 Å². The molecule has 1 N–H and O–H groups in total. The summed E-state index contributed by atoms with van der Waals surface area (Å²) in [4.78, 5) is 0. The fourth-order valence-corrected chi connectivity index (χ4v) is 2.32. The molecule has 102 valence electrons. The largest absolute Gasteiger partial charge is 0.463 e. The summed E-state index contributed by atoms with van der Waals surface area (Å²) in [5, 5.41) is 11.8. The topological polar surface area (TPSA) is 55.9 Å². The maximum atomic E-state index is 5.83. The Morgan fingerprint density at radius 3 is 2.90 bits per heavy atom. The molecule has 0 saturated heterocycles. The highest BCUT2D eigenvalue weighted by Crippen LogP contribution is 2.20. The van der Waals surface area contributed by atoms with Crippen LogP contribution in [0.25, 0.3) is 11.0 Å². The van der Waals surface area contributed by atoms with E-state index in [4.69, 9.17) is 4.42 Å². The minimum absolute atomic E-state index is 0.615. The van der Waals surface area contributed by atoms with Gasteiger partial charge in [0.25, 0.3) is 0 Å². The van der Waals surface area contributed by atoms with E-state index in [0.717, 1.165) is 29.1 Å². The lowest BCUT2D eigenvalue weighted by atomic mass is 10.3. The van der Waals surface area contributed by atoms with Crippen LogP contribution in [0.4, 0.5) is 0 Å². The van der Waals surface area contributed by atoms with Gasteiger partial charge >= 0.3 is 0 Å². The molecule has 0 unspecified atom stereocenters. The van der Waals surface area contributed by atoms with Gasteiger partial charge in [0.05, 0.1) is 12.1 Å². The van der Waals surface area contributed by atoms with Crippen molar-refractivity contribution in [2.45, 2.75) is 32.0 Å². The Balaban J connectivity index is 1.50. The summed E-state index contributed by atoms with van der Waals surface area (Å²) in [5.41, 5.74) is 1.94. The zero-order chi connectivity index (χ0) is 13.4. The van der Waals surface area contributed by atoms with Crippen molar-refractivity contribution in [3.8, 4) is 0 Å². The first-order valence-electron chi connectivity index (χ1n) is 6.98. The number of benzene rings is 1. The zero-order valence-electron chi connectivity index (χ0n) is 11.1. The summed E-state index contributed by atoms with van der Waals surface area (Å²) < 4.78 is 7.70. The molecule has 0 aliphatic heterocycles. The number of furan rings is 1. The Labute approximate surface area is 116 Å². The van der Waals surface area contributed by atoms with E-state index in [-0.39, 0.29) is 0 Å². The third-order valence-corrected chi connectivity index (χ3v) is 3.59. The van der Waals surface area contributed by atoms with Crippen LogP contribution in [0.2, 0.25) is 0 Å². The van der Waals surface area contributed by atoms with Gasteiger partial charge in [-0.05, 0) is 37.1 Å². The minimum Gasteiger partial charge on any atom is -0.463 e. The number of aromatic nitrogens is 3. The number of nitrogens with zero attached hydrogens (tertiary/aromatic N) is 3. The van der Waals surface area contributed by atoms with E-state index in [1.165, 1.54) is 12.8 Å². The third-order valence-electron chi connectivity index (χ3n) is 3.59. The van der Waals surface area contributed by atoms with Crippen LogP contribution in [0.1, 0.15) is 24.4 Å². The highest BCUT2D eigenvalue weighted by molar-refractivity contribution is 5.73. The second kappa shape index (κ2) is 4.76. The molecule has 1 aromatic carbocycles. The van der Waals surface area contributed by atoms with Crippen LogP contribution in [0.15, 0.2) is 40.8 Å². The Hall–Kier alpha value is -2.14. The number of rotatable bonds is 5. The molecule has 5 heteroatoms. The van der Waals surface area contributed by atoms with Crippen LogP contribution < -0.4 is 5.32 Å². The maximum absolute atomic E-state index is 5.83. The number of hydrogen-bond donors (Lipinski definition) is 1. The molecule has 2 aromatic heterocycles. The number of fused-ring (bicyclic) bond motifs is 1. The molecule has 1 fully saturated rings. The molecule has 0 radical (unpaired) electrons. The maximum Gasteiger partial charge on any atom is 0.125 e. The van der Waals surface area contributed by atoms with Crippen LogP contribution in [0.3, 0.4) is 0 Å². The molecule has 3 aromatic rings. The number of nitrogens with one attached hydrogen (secondary N) is 1. The minimum atomic E-state index is 0.615. The van der Waals surface area contributed by atoms with Gasteiger partial charge in [-0.25, -0.2) is 4.68 Å². The smallest absolute Gasteiger partial charge is 0.125 e. The second-order valence-corrected chi connectivity index (χ2v) is 5.26. The van der Waals surface area contributed by atoms with Gasteiger partial charge in [0.15, 0.2) is 0 Å². The lowest BCUT2D eigenvalue weighted by Gasteiger charge is -2.00. The standard InChI is InChI=1S/C15H16N4O/c1-2-4-15-14(3-1)17-18-19(15)10-13-8-7-12(20-13)9-16-11-5-6-11/h1-4,7-8,11,16H,5-6,9-10H2. The Morgan fingerprint density at radius 2 is 2.00 bits per heavy atom. The monoisotopic (exact) mass is 268 g/mol. The molecule has 5 nitrogen and oxygen atoms in total. The average molecular weight is 268 g/mol. The van der Waals surface area contributed by atoms with Crippen molar-refractivity contribution in [3.05, 3.63) is 47.9 Å². The Morgan fingerprint density at radius 1 is 1.15 bits per heavy atom. The first kappa shape index (κ1) is 11.7. The summed E-state index contributed by atoms with van der Waals surface area (Å²) in [6, 6.07) is 12.7. The lowest BCUT2D eigenvalue weighted by molar-refractivity contribution is 0.430. The van der Waals surface area contributed by atoms with Crippen LogP contribution in [-0.4, -0.2) is 21.0 Å². The van der Waals surface area contributed by atoms with Gasteiger partial charge in [-0.1, -0.05) is 17.3 Å². The predicted octanol–water partition coefficient (Wildman–Crippen LogP) is 2.32. The van der Waals surface area contributed by atoms with Crippen LogP contribution in [0, 0.1) is 0 Å². The highest BCUT2D eigenvalue weighted by Gasteiger charge is 2.20. The molecular formula is C15H16N4O. The number of hydrogen-bond acceptors (Lipinski definition) is 4. The third kappa shape index (κ3) is 2.32. The van der Waals surface area contributed by atoms with Gasteiger partial charge in [0.1, 0.15) is 23.6 Å². The van der Waals surface area contributed by atoms with Crippen molar-refractivity contribution in [1.29, 1.82) is 0 Å². The predicted molar refractivity (Wildman–Crippen MR) is 75.2 cm³/mol. The summed E-state index contributed by atoms with van der Waals surface area (Å²) in [6.45, 7) is 1.42. The molecule has 1 aliphatic carbocycles. The van der Waals surface area contributed by atoms with Gasteiger partial charge in [0.2, 0.25) is 0 Å². The molecule has 1 aliphatic rings. The molecule has 4 rings (SSSR count). The van der Waals surface area contributed by atoms with Crippen LogP contribution in [0.5, 0.6) is 0 Å². The molecule has 0 amide bonds. The fraction of sp³-hybridized carbons (Fsp3) is 0.333. The summed E-state index contributed by atoms with van der Waals surface area (Å²) >= 11 is 0. The van der Waals surface area contributed by atoms with E-state index in [1.807, 2.05) is 41.1 Å². The quantitative estimate of drug-likeness (QED) is 0.771. The fourth-order valence-electron chi connectivity index (χ4n) is 2.32. The van der Waals surface area contributed by atoms with Gasteiger partial charge in [-0.3, -0.25) is 0 Å². The van der Waals surface area contributed by atoms with E-state index in [9.17, 15) is 0 Å². The normalized spacial score (nSPS) is 15.0. The van der Waals surface area contributed by atoms with Crippen molar-refractivity contribution in [2.24, 2.45) is 0 Å².